The van der Waals surface area contributed by atoms with Gasteiger partial charge in [0.1, 0.15) is 0 Å². The molecule has 1 amide bonds. The highest BCUT2D eigenvalue weighted by atomic mass is 79.9. The Morgan fingerprint density at radius 2 is 1.83 bits per heavy atom. The zero-order chi connectivity index (χ0) is 15.7. The Bertz CT molecular complexity index is 573. The van der Waals surface area contributed by atoms with Gasteiger partial charge in [0.2, 0.25) is 0 Å². The van der Waals surface area contributed by atoms with E-state index in [1.54, 1.807) is 4.90 Å². The van der Waals surface area contributed by atoms with Crippen molar-refractivity contribution in [2.24, 2.45) is 5.92 Å². The molecule has 0 saturated carbocycles. The molecule has 128 valence electrons. The third-order valence-corrected chi connectivity index (χ3v) is 5.39. The Balaban J connectivity index is 0.00000192. The lowest BCUT2D eigenvalue weighted by Crippen LogP contribution is -2.43. The highest BCUT2D eigenvalue weighted by molar-refractivity contribution is 9.10. The number of amides is 1. The molecule has 0 bridgehead atoms. The van der Waals surface area contributed by atoms with E-state index in [2.05, 4.69) is 21.2 Å². The van der Waals surface area contributed by atoms with Crippen molar-refractivity contribution >= 4 is 34.2 Å². The summed E-state index contributed by atoms with van der Waals surface area (Å²) in [5, 5.41) is 3.52. The number of halogens is 4. The predicted molar refractivity (Wildman–Crippen MR) is 91.0 cm³/mol. The lowest BCUT2D eigenvalue weighted by atomic mass is 9.88. The molecule has 3 rings (SSSR count). The minimum absolute atomic E-state index is 0. The molecule has 2 saturated heterocycles. The largest absolute Gasteiger partial charge is 0.339 e. The zero-order valence-electron chi connectivity index (χ0n) is 12.7. The first-order valence-electron chi connectivity index (χ1n) is 7.73. The van der Waals surface area contributed by atoms with Gasteiger partial charge in [-0.05, 0) is 66.2 Å². The maximum absolute atomic E-state index is 13.4. The molecular formula is C16H20BrClF2N2O. The molecule has 0 aliphatic carbocycles. The van der Waals surface area contributed by atoms with Crippen molar-refractivity contribution in [2.75, 3.05) is 19.6 Å². The number of likely N-dealkylation sites (tertiary alicyclic amines) is 1. The van der Waals surface area contributed by atoms with E-state index in [0.717, 1.165) is 31.5 Å². The van der Waals surface area contributed by atoms with Crippen molar-refractivity contribution in [1.82, 2.24) is 10.2 Å². The van der Waals surface area contributed by atoms with Gasteiger partial charge in [0, 0.05) is 23.6 Å². The van der Waals surface area contributed by atoms with Crippen LogP contribution in [0.1, 0.15) is 36.0 Å². The van der Waals surface area contributed by atoms with Crippen molar-refractivity contribution < 1.29 is 13.6 Å². The fraction of sp³-hybridized carbons (Fsp3) is 0.562. The van der Waals surface area contributed by atoms with E-state index < -0.39 is 11.6 Å². The van der Waals surface area contributed by atoms with Gasteiger partial charge in [-0.25, -0.2) is 8.78 Å². The quantitative estimate of drug-likeness (QED) is 0.755. The summed E-state index contributed by atoms with van der Waals surface area (Å²) in [4.78, 5) is 14.2. The van der Waals surface area contributed by atoms with Crippen LogP contribution in [-0.2, 0) is 0 Å². The minimum atomic E-state index is -0.989. The number of rotatable bonds is 2. The SMILES string of the molecule is Cl.O=C(c1cc(F)c(F)cc1Br)N1CCC(C2CCCN2)CC1. The maximum Gasteiger partial charge on any atom is 0.255 e. The van der Waals surface area contributed by atoms with E-state index in [1.165, 1.54) is 12.8 Å². The van der Waals surface area contributed by atoms with Crippen LogP contribution >= 0.6 is 28.3 Å². The van der Waals surface area contributed by atoms with E-state index in [-0.39, 0.29) is 23.9 Å². The number of nitrogens with zero attached hydrogens (tertiary/aromatic N) is 1. The molecule has 2 heterocycles. The number of benzene rings is 1. The molecular weight excluding hydrogens is 390 g/mol. The summed E-state index contributed by atoms with van der Waals surface area (Å²) in [5.41, 5.74) is 0.191. The van der Waals surface area contributed by atoms with Gasteiger partial charge in [0.25, 0.3) is 5.91 Å². The Morgan fingerprint density at radius 1 is 1.17 bits per heavy atom. The first-order valence-corrected chi connectivity index (χ1v) is 8.53. The Labute approximate surface area is 149 Å². The molecule has 3 nitrogen and oxygen atoms in total. The molecule has 2 fully saturated rings. The van der Waals surface area contributed by atoms with Gasteiger partial charge >= 0.3 is 0 Å². The summed E-state index contributed by atoms with van der Waals surface area (Å²) >= 11 is 3.15. The molecule has 2 aliphatic heterocycles. The van der Waals surface area contributed by atoms with Gasteiger partial charge in [0.15, 0.2) is 11.6 Å². The van der Waals surface area contributed by atoms with Crippen LogP contribution in [0.2, 0.25) is 0 Å². The highest BCUT2D eigenvalue weighted by Crippen LogP contribution is 2.28. The van der Waals surface area contributed by atoms with Crippen LogP contribution < -0.4 is 5.32 Å². The lowest BCUT2D eigenvalue weighted by Gasteiger charge is -2.35. The number of piperidine rings is 1. The number of hydrogen-bond donors (Lipinski definition) is 1. The first kappa shape index (κ1) is 18.6. The normalized spacial score (nSPS) is 22.0. The van der Waals surface area contributed by atoms with Gasteiger partial charge in [-0.3, -0.25) is 4.79 Å². The van der Waals surface area contributed by atoms with Crippen LogP contribution in [0.3, 0.4) is 0 Å². The van der Waals surface area contributed by atoms with Crippen LogP contribution in [0.25, 0.3) is 0 Å². The van der Waals surface area contributed by atoms with Gasteiger partial charge in [-0.1, -0.05) is 0 Å². The Hall–Kier alpha value is -0.720. The summed E-state index contributed by atoms with van der Waals surface area (Å²) in [6.07, 6.45) is 4.37. The predicted octanol–water partition coefficient (Wildman–Crippen LogP) is 3.75. The smallest absolute Gasteiger partial charge is 0.255 e. The molecule has 1 N–H and O–H groups in total. The van der Waals surface area contributed by atoms with Gasteiger partial charge < -0.3 is 10.2 Å². The average molecular weight is 410 g/mol. The Morgan fingerprint density at radius 3 is 2.43 bits per heavy atom. The van der Waals surface area contributed by atoms with E-state index in [1.807, 2.05) is 0 Å². The van der Waals surface area contributed by atoms with Crippen molar-refractivity contribution in [3.63, 3.8) is 0 Å². The third kappa shape index (κ3) is 4.03. The van der Waals surface area contributed by atoms with Crippen molar-refractivity contribution in [2.45, 2.75) is 31.7 Å². The third-order valence-electron chi connectivity index (χ3n) is 4.73. The van der Waals surface area contributed by atoms with Gasteiger partial charge in [-0.2, -0.15) is 0 Å². The first-order chi connectivity index (χ1) is 10.6. The second-order valence-electron chi connectivity index (χ2n) is 6.08. The number of carbonyl (C=O) groups excluding carboxylic acids is 1. The molecule has 2 aliphatic rings. The fourth-order valence-corrected chi connectivity index (χ4v) is 3.96. The van der Waals surface area contributed by atoms with E-state index >= 15 is 0 Å². The van der Waals surface area contributed by atoms with Gasteiger partial charge in [0.05, 0.1) is 5.56 Å². The van der Waals surface area contributed by atoms with Crippen LogP contribution in [0.5, 0.6) is 0 Å². The summed E-state index contributed by atoms with van der Waals surface area (Å²) in [6, 6.07) is 2.57. The summed E-state index contributed by atoms with van der Waals surface area (Å²) in [7, 11) is 0. The minimum Gasteiger partial charge on any atom is -0.339 e. The van der Waals surface area contributed by atoms with Gasteiger partial charge in [-0.15, -0.1) is 12.4 Å². The summed E-state index contributed by atoms with van der Waals surface area (Å²) in [5.74, 6) is -1.56. The van der Waals surface area contributed by atoms with Crippen LogP contribution in [0.15, 0.2) is 16.6 Å². The molecule has 7 heteroatoms. The maximum atomic E-state index is 13.4. The molecule has 1 aromatic rings. The highest BCUT2D eigenvalue weighted by Gasteiger charge is 2.30. The fourth-order valence-electron chi connectivity index (χ4n) is 3.48. The topological polar surface area (TPSA) is 32.3 Å². The summed E-state index contributed by atoms with van der Waals surface area (Å²) in [6.45, 7) is 2.44. The van der Waals surface area contributed by atoms with Crippen LogP contribution in [0, 0.1) is 17.6 Å². The Kier molecular flexibility index (Phi) is 6.40. The molecule has 0 spiro atoms. The lowest BCUT2D eigenvalue weighted by molar-refractivity contribution is 0.0673. The van der Waals surface area contributed by atoms with Crippen LogP contribution in [-0.4, -0.2) is 36.5 Å². The van der Waals surface area contributed by atoms with Crippen LogP contribution in [0.4, 0.5) is 8.78 Å². The number of nitrogens with one attached hydrogen (secondary N) is 1. The molecule has 1 atom stereocenters. The van der Waals surface area contributed by atoms with E-state index in [9.17, 15) is 13.6 Å². The molecule has 0 aromatic heterocycles. The molecule has 1 aromatic carbocycles. The monoisotopic (exact) mass is 408 g/mol. The van der Waals surface area contributed by atoms with E-state index in [4.69, 9.17) is 0 Å². The number of hydrogen-bond acceptors (Lipinski definition) is 2. The van der Waals surface area contributed by atoms with Crippen molar-refractivity contribution in [3.8, 4) is 0 Å². The standard InChI is InChI=1S/C16H19BrF2N2O.ClH/c17-12-9-14(19)13(18)8-11(12)16(22)21-6-3-10(4-7-21)15-2-1-5-20-15;/h8-10,15,20H,1-7H2;1H. The molecule has 0 radical (unpaired) electrons. The second kappa shape index (κ2) is 7.90. The number of carbonyl (C=O) groups is 1. The van der Waals surface area contributed by atoms with Crippen molar-refractivity contribution in [3.05, 3.63) is 33.8 Å². The second-order valence-corrected chi connectivity index (χ2v) is 6.93. The average Bonchev–Trinajstić information content (AvgIpc) is 3.05. The van der Waals surface area contributed by atoms with Crippen molar-refractivity contribution in [1.29, 1.82) is 0 Å². The summed E-state index contributed by atoms with van der Waals surface area (Å²) < 4.78 is 26.8. The molecule has 1 unspecified atom stereocenters. The zero-order valence-corrected chi connectivity index (χ0v) is 15.1. The van der Waals surface area contributed by atoms with E-state index in [0.29, 0.717) is 29.5 Å². The molecule has 23 heavy (non-hydrogen) atoms.